The molecule has 1 aliphatic carbocycles. The lowest BCUT2D eigenvalue weighted by atomic mass is 10.1. The highest BCUT2D eigenvalue weighted by Gasteiger charge is 2.41. The van der Waals surface area contributed by atoms with Gasteiger partial charge in [0.15, 0.2) is 5.65 Å². The summed E-state index contributed by atoms with van der Waals surface area (Å²) in [4.78, 5) is 14.1. The maximum absolute atomic E-state index is 5.08. The third-order valence-electron chi connectivity index (χ3n) is 5.75. The van der Waals surface area contributed by atoms with E-state index in [1.807, 2.05) is 23.6 Å². The zero-order valence-corrected chi connectivity index (χ0v) is 14.5. The summed E-state index contributed by atoms with van der Waals surface area (Å²) < 4.78 is 4.29. The molecule has 0 radical (unpaired) electrons. The highest BCUT2D eigenvalue weighted by atomic mass is 15.3. The standard InChI is InChI=1S/C20H18N6/c1-12-3-2-4-16(23-12)18-19(14-6-8-17-21-11-22-25(17)10-14)26-15-7-5-13(9-15)20(26)24-18/h2-4,6,8,10-11,13,15H,5,7,9H2,1H3. The molecule has 2 atom stereocenters. The van der Waals surface area contributed by atoms with Crippen molar-refractivity contribution in [3.05, 3.63) is 54.4 Å². The molecule has 1 aliphatic heterocycles. The van der Waals surface area contributed by atoms with E-state index < -0.39 is 0 Å². The highest BCUT2D eigenvalue weighted by molar-refractivity contribution is 5.78. The summed E-state index contributed by atoms with van der Waals surface area (Å²) in [5.41, 5.74) is 6.08. The summed E-state index contributed by atoms with van der Waals surface area (Å²) in [6.45, 7) is 2.03. The molecule has 5 heterocycles. The van der Waals surface area contributed by atoms with Crippen molar-refractivity contribution in [1.82, 2.24) is 29.1 Å². The molecule has 0 N–H and O–H groups in total. The van der Waals surface area contributed by atoms with Gasteiger partial charge in [0.05, 0.1) is 11.4 Å². The summed E-state index contributed by atoms with van der Waals surface area (Å²) >= 11 is 0. The molecule has 0 amide bonds. The first kappa shape index (κ1) is 14.2. The van der Waals surface area contributed by atoms with Gasteiger partial charge in [-0.3, -0.25) is 4.98 Å². The number of rotatable bonds is 2. The Bertz CT molecular complexity index is 1150. The Labute approximate surface area is 150 Å². The molecule has 4 aromatic heterocycles. The van der Waals surface area contributed by atoms with Gasteiger partial charge < -0.3 is 4.57 Å². The number of fused-ring (bicyclic) bond motifs is 6. The Hall–Kier alpha value is -3.02. The number of aryl methyl sites for hydroxylation is 1. The van der Waals surface area contributed by atoms with Gasteiger partial charge in [-0.25, -0.2) is 14.5 Å². The largest absolute Gasteiger partial charge is 0.324 e. The topological polar surface area (TPSA) is 60.9 Å². The first-order chi connectivity index (χ1) is 12.8. The molecular formula is C20H18N6. The Morgan fingerprint density at radius 1 is 1.08 bits per heavy atom. The van der Waals surface area contributed by atoms with E-state index >= 15 is 0 Å². The predicted molar refractivity (Wildman–Crippen MR) is 97.8 cm³/mol. The summed E-state index contributed by atoms with van der Waals surface area (Å²) in [7, 11) is 0. The molecule has 2 bridgehead atoms. The summed E-state index contributed by atoms with van der Waals surface area (Å²) in [5, 5.41) is 4.31. The van der Waals surface area contributed by atoms with Crippen LogP contribution in [0.4, 0.5) is 0 Å². The van der Waals surface area contributed by atoms with Gasteiger partial charge in [0.25, 0.3) is 0 Å². The second-order valence-corrected chi connectivity index (χ2v) is 7.35. The van der Waals surface area contributed by atoms with Crippen LogP contribution in [-0.4, -0.2) is 29.1 Å². The van der Waals surface area contributed by atoms with E-state index in [-0.39, 0.29) is 0 Å². The lowest BCUT2D eigenvalue weighted by Gasteiger charge is -2.17. The Kier molecular flexibility index (Phi) is 2.73. The second kappa shape index (κ2) is 5.00. The first-order valence-corrected chi connectivity index (χ1v) is 9.14. The van der Waals surface area contributed by atoms with E-state index in [1.165, 1.54) is 30.8 Å². The average molecular weight is 342 g/mol. The van der Waals surface area contributed by atoms with Crippen molar-refractivity contribution < 1.29 is 0 Å². The van der Waals surface area contributed by atoms with Crippen LogP contribution in [0.2, 0.25) is 0 Å². The number of pyridine rings is 2. The van der Waals surface area contributed by atoms with Gasteiger partial charge in [-0.15, -0.1) is 0 Å². The fraction of sp³-hybridized carbons (Fsp3) is 0.300. The van der Waals surface area contributed by atoms with Crippen LogP contribution in [0.15, 0.2) is 42.9 Å². The van der Waals surface area contributed by atoms with Gasteiger partial charge in [0.2, 0.25) is 0 Å². The monoisotopic (exact) mass is 342 g/mol. The molecule has 0 spiro atoms. The third kappa shape index (κ3) is 1.87. The van der Waals surface area contributed by atoms with E-state index in [9.17, 15) is 0 Å². The van der Waals surface area contributed by atoms with Crippen molar-refractivity contribution in [2.45, 2.75) is 38.1 Å². The summed E-state index contributed by atoms with van der Waals surface area (Å²) in [6, 6.07) is 10.8. The van der Waals surface area contributed by atoms with Crippen LogP contribution in [0, 0.1) is 6.92 Å². The summed E-state index contributed by atoms with van der Waals surface area (Å²) in [5.74, 6) is 1.82. The predicted octanol–water partition coefficient (Wildman–Crippen LogP) is 3.79. The van der Waals surface area contributed by atoms with Crippen molar-refractivity contribution in [2.24, 2.45) is 0 Å². The molecule has 1 saturated carbocycles. The SMILES string of the molecule is Cc1cccc(-c2nc3n(c2-c2ccc4ncnn4c2)C2CCC3C2)n1. The van der Waals surface area contributed by atoms with Gasteiger partial charge >= 0.3 is 0 Å². The molecular weight excluding hydrogens is 324 g/mol. The molecule has 6 rings (SSSR count). The van der Waals surface area contributed by atoms with Crippen molar-refractivity contribution in [2.75, 3.05) is 0 Å². The second-order valence-electron chi connectivity index (χ2n) is 7.35. The molecule has 1 fully saturated rings. The minimum absolute atomic E-state index is 0.558. The quantitative estimate of drug-likeness (QED) is 0.556. The van der Waals surface area contributed by atoms with Gasteiger partial charge in [0, 0.05) is 29.4 Å². The lowest BCUT2D eigenvalue weighted by molar-refractivity contribution is 0.530. The highest BCUT2D eigenvalue weighted by Crippen LogP contribution is 2.52. The smallest absolute Gasteiger partial charge is 0.155 e. The Balaban J connectivity index is 1.64. The molecule has 0 saturated heterocycles. The number of nitrogens with zero attached hydrogens (tertiary/aromatic N) is 6. The molecule has 2 unspecified atom stereocenters. The first-order valence-electron chi connectivity index (χ1n) is 9.14. The fourth-order valence-corrected chi connectivity index (χ4v) is 4.62. The minimum Gasteiger partial charge on any atom is -0.324 e. The third-order valence-corrected chi connectivity index (χ3v) is 5.75. The molecule has 6 heteroatoms. The van der Waals surface area contributed by atoms with Crippen LogP contribution < -0.4 is 0 Å². The van der Waals surface area contributed by atoms with Crippen molar-refractivity contribution >= 4 is 5.65 Å². The maximum atomic E-state index is 5.08. The number of aromatic nitrogens is 6. The van der Waals surface area contributed by atoms with E-state index in [4.69, 9.17) is 9.97 Å². The Morgan fingerprint density at radius 3 is 2.96 bits per heavy atom. The maximum Gasteiger partial charge on any atom is 0.155 e. The van der Waals surface area contributed by atoms with Gasteiger partial charge in [0.1, 0.15) is 17.8 Å². The van der Waals surface area contributed by atoms with E-state index in [2.05, 4.69) is 39.0 Å². The lowest BCUT2D eigenvalue weighted by Crippen LogP contribution is -2.08. The van der Waals surface area contributed by atoms with Crippen LogP contribution in [0.25, 0.3) is 28.3 Å². The zero-order chi connectivity index (χ0) is 17.3. The molecule has 4 aromatic rings. The molecule has 6 nitrogen and oxygen atoms in total. The summed E-state index contributed by atoms with van der Waals surface area (Å²) in [6.07, 6.45) is 7.36. The fourth-order valence-electron chi connectivity index (χ4n) is 4.62. The average Bonchev–Trinajstić information content (AvgIpc) is 3.41. The van der Waals surface area contributed by atoms with Gasteiger partial charge in [-0.2, -0.15) is 5.10 Å². The Morgan fingerprint density at radius 2 is 2.04 bits per heavy atom. The van der Waals surface area contributed by atoms with Crippen LogP contribution in [0.1, 0.15) is 42.7 Å². The van der Waals surface area contributed by atoms with Crippen molar-refractivity contribution in [1.29, 1.82) is 0 Å². The number of hydrogen-bond acceptors (Lipinski definition) is 4. The minimum atomic E-state index is 0.558. The van der Waals surface area contributed by atoms with Crippen LogP contribution in [-0.2, 0) is 0 Å². The van der Waals surface area contributed by atoms with Crippen LogP contribution in [0.3, 0.4) is 0 Å². The number of imidazole rings is 1. The normalized spacial score (nSPS) is 20.8. The van der Waals surface area contributed by atoms with Gasteiger partial charge in [-0.05, 0) is 50.5 Å². The van der Waals surface area contributed by atoms with Crippen molar-refractivity contribution in [3.63, 3.8) is 0 Å². The van der Waals surface area contributed by atoms with Crippen LogP contribution >= 0.6 is 0 Å². The number of hydrogen-bond donors (Lipinski definition) is 0. The molecule has 128 valence electrons. The van der Waals surface area contributed by atoms with E-state index in [1.54, 1.807) is 6.33 Å². The van der Waals surface area contributed by atoms with Gasteiger partial charge in [-0.1, -0.05) is 6.07 Å². The van der Waals surface area contributed by atoms with E-state index in [0.717, 1.165) is 28.3 Å². The van der Waals surface area contributed by atoms with Crippen molar-refractivity contribution in [3.8, 4) is 22.6 Å². The molecule has 0 aromatic carbocycles. The zero-order valence-electron chi connectivity index (χ0n) is 14.5. The molecule has 2 aliphatic rings. The van der Waals surface area contributed by atoms with E-state index in [0.29, 0.717) is 12.0 Å². The van der Waals surface area contributed by atoms with Crippen LogP contribution in [0.5, 0.6) is 0 Å². The molecule has 26 heavy (non-hydrogen) atoms.